The molecule has 1 aliphatic carbocycles. The molecule has 2 rings (SSSR count). The second kappa shape index (κ2) is 4.22. The van der Waals surface area contributed by atoms with Gasteiger partial charge in [0.25, 0.3) is 0 Å². The summed E-state index contributed by atoms with van der Waals surface area (Å²) in [5.74, 6) is 0.678. The molecule has 0 radical (unpaired) electrons. The van der Waals surface area contributed by atoms with E-state index in [1.807, 2.05) is 0 Å². The first-order chi connectivity index (χ1) is 7.10. The highest BCUT2D eigenvalue weighted by molar-refractivity contribution is 7.09. The summed E-state index contributed by atoms with van der Waals surface area (Å²) in [6, 6.07) is 0. The summed E-state index contributed by atoms with van der Waals surface area (Å²) < 4.78 is 0. The molecular formula is C12H20N2S. The monoisotopic (exact) mass is 224 g/mol. The summed E-state index contributed by atoms with van der Waals surface area (Å²) in [6.07, 6.45) is 5.82. The Labute approximate surface area is 95.9 Å². The number of hydrogen-bond acceptors (Lipinski definition) is 3. The van der Waals surface area contributed by atoms with E-state index in [2.05, 4.69) is 19.2 Å². The summed E-state index contributed by atoms with van der Waals surface area (Å²) in [6.45, 7) is 4.46. The van der Waals surface area contributed by atoms with E-state index >= 15 is 0 Å². The number of rotatable bonds is 3. The Kier molecular flexibility index (Phi) is 3.12. The van der Waals surface area contributed by atoms with Gasteiger partial charge in [-0.1, -0.05) is 26.7 Å². The fourth-order valence-corrected chi connectivity index (χ4v) is 3.27. The van der Waals surface area contributed by atoms with Gasteiger partial charge in [-0.05, 0) is 25.2 Å². The van der Waals surface area contributed by atoms with Crippen molar-refractivity contribution in [2.24, 2.45) is 11.7 Å². The number of hydrogen-bond donors (Lipinski definition) is 1. The summed E-state index contributed by atoms with van der Waals surface area (Å²) in [5.41, 5.74) is 7.50. The third-order valence-electron chi connectivity index (χ3n) is 3.09. The van der Waals surface area contributed by atoms with Crippen LogP contribution in [0.3, 0.4) is 0 Å². The van der Waals surface area contributed by atoms with Gasteiger partial charge in [-0.2, -0.15) is 0 Å². The first-order valence-electron chi connectivity index (χ1n) is 5.84. The van der Waals surface area contributed by atoms with E-state index in [0.29, 0.717) is 5.92 Å². The van der Waals surface area contributed by atoms with Crippen LogP contribution in [0.25, 0.3) is 0 Å². The van der Waals surface area contributed by atoms with Gasteiger partial charge in [-0.25, -0.2) is 4.98 Å². The van der Waals surface area contributed by atoms with Crippen LogP contribution in [-0.4, -0.2) is 4.98 Å². The molecule has 0 aromatic carbocycles. The van der Waals surface area contributed by atoms with E-state index < -0.39 is 0 Å². The molecule has 1 aromatic heterocycles. The molecule has 84 valence electrons. The van der Waals surface area contributed by atoms with Crippen LogP contribution in [0.2, 0.25) is 0 Å². The van der Waals surface area contributed by atoms with Crippen molar-refractivity contribution in [3.8, 4) is 0 Å². The van der Waals surface area contributed by atoms with Gasteiger partial charge in [0.1, 0.15) is 5.01 Å². The highest BCUT2D eigenvalue weighted by Gasteiger charge is 2.33. The first-order valence-corrected chi connectivity index (χ1v) is 6.72. The zero-order valence-electron chi connectivity index (χ0n) is 9.62. The van der Waals surface area contributed by atoms with Crippen molar-refractivity contribution < 1.29 is 0 Å². The topological polar surface area (TPSA) is 38.9 Å². The molecule has 0 spiro atoms. The maximum absolute atomic E-state index is 6.37. The highest BCUT2D eigenvalue weighted by Crippen LogP contribution is 2.37. The Hall–Kier alpha value is -0.410. The molecule has 0 unspecified atom stereocenters. The molecule has 1 aliphatic rings. The Balaban J connectivity index is 2.12. The number of nitrogens with zero attached hydrogens (tertiary/aromatic N) is 1. The van der Waals surface area contributed by atoms with E-state index in [1.165, 1.54) is 18.5 Å². The van der Waals surface area contributed by atoms with Crippen molar-refractivity contribution in [2.45, 2.75) is 51.5 Å². The molecule has 0 saturated heterocycles. The van der Waals surface area contributed by atoms with Gasteiger partial charge in [0, 0.05) is 5.38 Å². The van der Waals surface area contributed by atoms with Crippen LogP contribution in [0.1, 0.15) is 50.2 Å². The maximum Gasteiger partial charge on any atom is 0.113 e. The predicted molar refractivity (Wildman–Crippen MR) is 65.0 cm³/mol. The fourth-order valence-electron chi connectivity index (χ4n) is 2.27. The molecule has 1 aromatic rings. The van der Waals surface area contributed by atoms with E-state index in [0.717, 1.165) is 24.3 Å². The molecule has 3 heteroatoms. The predicted octanol–water partition coefficient (Wildman–Crippen LogP) is 3.07. The molecule has 0 atom stereocenters. The fraction of sp³-hybridized carbons (Fsp3) is 0.750. The molecule has 0 aliphatic heterocycles. The van der Waals surface area contributed by atoms with Crippen molar-refractivity contribution in [1.82, 2.24) is 4.98 Å². The minimum atomic E-state index is -0.0973. The van der Waals surface area contributed by atoms with E-state index in [-0.39, 0.29) is 5.54 Å². The summed E-state index contributed by atoms with van der Waals surface area (Å²) in [4.78, 5) is 4.70. The lowest BCUT2D eigenvalue weighted by Gasteiger charge is -2.19. The molecule has 0 bridgehead atoms. The standard InChI is InChI=1S/C12H20N2S/c1-9(2)7-10-8-15-11(14-10)12(13)5-3-4-6-12/h8-9H,3-7,13H2,1-2H3. The first kappa shape index (κ1) is 11.1. The average molecular weight is 224 g/mol. The second-order valence-electron chi connectivity index (χ2n) is 5.11. The third kappa shape index (κ3) is 2.40. The van der Waals surface area contributed by atoms with E-state index in [9.17, 15) is 0 Å². The molecule has 0 amide bonds. The lowest BCUT2D eigenvalue weighted by Crippen LogP contribution is -2.32. The molecule has 1 heterocycles. The minimum absolute atomic E-state index is 0.0973. The van der Waals surface area contributed by atoms with Crippen LogP contribution in [-0.2, 0) is 12.0 Å². The smallest absolute Gasteiger partial charge is 0.113 e. The van der Waals surface area contributed by atoms with Crippen LogP contribution >= 0.6 is 11.3 Å². The second-order valence-corrected chi connectivity index (χ2v) is 5.96. The van der Waals surface area contributed by atoms with Gasteiger partial charge >= 0.3 is 0 Å². The van der Waals surface area contributed by atoms with Crippen LogP contribution in [0.4, 0.5) is 0 Å². The van der Waals surface area contributed by atoms with Crippen molar-refractivity contribution in [3.63, 3.8) is 0 Å². The van der Waals surface area contributed by atoms with Crippen LogP contribution < -0.4 is 5.73 Å². The normalized spacial score (nSPS) is 20.0. The van der Waals surface area contributed by atoms with Crippen LogP contribution in [0.15, 0.2) is 5.38 Å². The summed E-state index contributed by atoms with van der Waals surface area (Å²) in [5, 5.41) is 3.35. The lowest BCUT2D eigenvalue weighted by atomic mass is 10.0. The number of thiazole rings is 1. The van der Waals surface area contributed by atoms with Crippen molar-refractivity contribution in [1.29, 1.82) is 0 Å². The maximum atomic E-state index is 6.37. The number of aromatic nitrogens is 1. The Morgan fingerprint density at radius 1 is 1.47 bits per heavy atom. The van der Waals surface area contributed by atoms with Crippen molar-refractivity contribution >= 4 is 11.3 Å². The average Bonchev–Trinajstić information content (AvgIpc) is 2.74. The van der Waals surface area contributed by atoms with Gasteiger partial charge in [0.05, 0.1) is 11.2 Å². The highest BCUT2D eigenvalue weighted by atomic mass is 32.1. The van der Waals surface area contributed by atoms with Gasteiger partial charge in [0.2, 0.25) is 0 Å². The molecule has 15 heavy (non-hydrogen) atoms. The summed E-state index contributed by atoms with van der Waals surface area (Å²) >= 11 is 1.75. The van der Waals surface area contributed by atoms with Crippen LogP contribution in [0, 0.1) is 5.92 Å². The minimum Gasteiger partial charge on any atom is -0.319 e. The summed E-state index contributed by atoms with van der Waals surface area (Å²) in [7, 11) is 0. The third-order valence-corrected chi connectivity index (χ3v) is 4.20. The Morgan fingerprint density at radius 3 is 2.73 bits per heavy atom. The zero-order chi connectivity index (χ0) is 10.9. The molecule has 2 nitrogen and oxygen atoms in total. The van der Waals surface area contributed by atoms with Crippen LogP contribution in [0.5, 0.6) is 0 Å². The Morgan fingerprint density at radius 2 is 2.13 bits per heavy atom. The molecule has 2 N–H and O–H groups in total. The quantitative estimate of drug-likeness (QED) is 0.857. The largest absolute Gasteiger partial charge is 0.319 e. The SMILES string of the molecule is CC(C)Cc1csc(C2(N)CCCC2)n1. The van der Waals surface area contributed by atoms with E-state index in [4.69, 9.17) is 10.7 Å². The van der Waals surface area contributed by atoms with Gasteiger partial charge in [-0.3, -0.25) is 0 Å². The molecular weight excluding hydrogens is 204 g/mol. The molecule has 1 saturated carbocycles. The van der Waals surface area contributed by atoms with Crippen molar-refractivity contribution in [3.05, 3.63) is 16.1 Å². The zero-order valence-corrected chi connectivity index (χ0v) is 10.4. The number of nitrogens with two attached hydrogens (primary N) is 1. The Bertz CT molecular complexity index is 324. The molecule has 1 fully saturated rings. The van der Waals surface area contributed by atoms with Gasteiger partial charge in [0.15, 0.2) is 0 Å². The van der Waals surface area contributed by atoms with Gasteiger partial charge < -0.3 is 5.73 Å². The lowest BCUT2D eigenvalue weighted by molar-refractivity contribution is 0.457. The van der Waals surface area contributed by atoms with Crippen molar-refractivity contribution in [2.75, 3.05) is 0 Å². The van der Waals surface area contributed by atoms with Gasteiger partial charge in [-0.15, -0.1) is 11.3 Å². The van der Waals surface area contributed by atoms with E-state index in [1.54, 1.807) is 11.3 Å².